The van der Waals surface area contributed by atoms with Crippen molar-refractivity contribution in [2.45, 2.75) is 46.0 Å². The number of unbranched alkanes of at least 4 members (excludes halogenated alkanes) is 2. The number of benzene rings is 3. The van der Waals surface area contributed by atoms with Gasteiger partial charge in [-0.25, -0.2) is 24.0 Å². The highest BCUT2D eigenvalue weighted by atomic mass is 16.7. The summed E-state index contributed by atoms with van der Waals surface area (Å²) in [6, 6.07) is 17.2. The minimum atomic E-state index is -1.29. The fourth-order valence-corrected chi connectivity index (χ4v) is 3.98. The largest absolute Gasteiger partial charge is 0.521 e. The van der Waals surface area contributed by atoms with E-state index in [1.54, 1.807) is 24.3 Å². The molecule has 0 N–H and O–H groups in total. The third-order valence-corrected chi connectivity index (χ3v) is 7.11. The van der Waals surface area contributed by atoms with E-state index in [0.29, 0.717) is 44.6 Å². The average Bonchev–Trinajstić information content (AvgIpc) is 3.14. The van der Waals surface area contributed by atoms with Crippen molar-refractivity contribution >= 4 is 36.0 Å². The van der Waals surface area contributed by atoms with Crippen LogP contribution in [-0.2, 0) is 28.5 Å². The second kappa shape index (κ2) is 21.2. The van der Waals surface area contributed by atoms with Crippen molar-refractivity contribution < 1.29 is 61.9 Å². The van der Waals surface area contributed by atoms with Gasteiger partial charge in [0.1, 0.15) is 17.2 Å². The van der Waals surface area contributed by atoms with Gasteiger partial charge in [0.25, 0.3) is 0 Å². The van der Waals surface area contributed by atoms with Gasteiger partial charge in [-0.1, -0.05) is 20.4 Å². The maximum Gasteiger partial charge on any atom is 0.521 e. The number of rotatable bonds is 19. The molecule has 0 bridgehead atoms. The number of hydrogen-bond donors (Lipinski definition) is 0. The Morgan fingerprint density at radius 3 is 1.63 bits per heavy atom. The van der Waals surface area contributed by atoms with Crippen LogP contribution in [-0.4, -0.2) is 62.4 Å². The van der Waals surface area contributed by atoms with Gasteiger partial charge in [0.2, 0.25) is 0 Å². The maximum absolute atomic E-state index is 12.6. The first-order valence-electron chi connectivity index (χ1n) is 16.3. The molecular weight excluding hydrogens is 664 g/mol. The Bertz CT molecular complexity index is 1630. The normalized spacial score (nSPS) is 10.9. The third kappa shape index (κ3) is 14.2. The van der Waals surface area contributed by atoms with Crippen molar-refractivity contribution in [3.63, 3.8) is 0 Å². The summed E-state index contributed by atoms with van der Waals surface area (Å²) in [5.74, 6) is -2.32. The van der Waals surface area contributed by atoms with E-state index in [4.69, 9.17) is 33.2 Å². The van der Waals surface area contributed by atoms with Crippen LogP contribution in [0, 0.1) is 5.92 Å². The molecule has 0 saturated heterocycles. The first-order chi connectivity index (χ1) is 24.6. The molecule has 270 valence electrons. The Labute approximate surface area is 295 Å². The lowest BCUT2D eigenvalue weighted by Gasteiger charge is -2.10. The van der Waals surface area contributed by atoms with E-state index in [9.17, 15) is 28.8 Å². The standard InChI is InChI=1S/C38H40O13/c1-4-26(3)34(40)47-24-8-6-22-45-30-16-10-28(11-17-30)36(42)49-31-18-14-29(15-19-31)37(43)51-38(44)50-32-20-12-27(13-21-32)35(41)48-25-9-7-23-46-33(39)5-2/h5,10-21,26H,2,4,6-9,22-25H2,1,3H3. The van der Waals surface area contributed by atoms with Gasteiger partial charge >= 0.3 is 36.0 Å². The third-order valence-electron chi connectivity index (χ3n) is 7.11. The zero-order chi connectivity index (χ0) is 37.0. The predicted molar refractivity (Wildman–Crippen MR) is 182 cm³/mol. The highest BCUT2D eigenvalue weighted by Crippen LogP contribution is 2.19. The fourth-order valence-electron chi connectivity index (χ4n) is 3.98. The van der Waals surface area contributed by atoms with Crippen LogP contribution in [0.1, 0.15) is 77.0 Å². The molecule has 3 aromatic carbocycles. The zero-order valence-electron chi connectivity index (χ0n) is 28.5. The number of carbonyl (C=O) groups is 6. The van der Waals surface area contributed by atoms with Gasteiger partial charge in [-0.15, -0.1) is 0 Å². The van der Waals surface area contributed by atoms with Crippen molar-refractivity contribution in [1.82, 2.24) is 0 Å². The maximum atomic E-state index is 12.6. The molecule has 0 aliphatic heterocycles. The molecule has 0 aliphatic carbocycles. The summed E-state index contributed by atoms with van der Waals surface area (Å²) < 4.78 is 36.0. The molecule has 3 rings (SSSR count). The molecule has 0 spiro atoms. The summed E-state index contributed by atoms with van der Waals surface area (Å²) in [7, 11) is 0. The molecule has 1 unspecified atom stereocenters. The van der Waals surface area contributed by atoms with Crippen molar-refractivity contribution in [1.29, 1.82) is 0 Å². The van der Waals surface area contributed by atoms with Crippen molar-refractivity contribution in [3.8, 4) is 17.2 Å². The van der Waals surface area contributed by atoms with Gasteiger partial charge < -0.3 is 33.2 Å². The van der Waals surface area contributed by atoms with Crippen LogP contribution in [0.15, 0.2) is 85.5 Å². The average molecular weight is 705 g/mol. The van der Waals surface area contributed by atoms with E-state index < -0.39 is 30.0 Å². The Morgan fingerprint density at radius 2 is 1.06 bits per heavy atom. The molecule has 0 radical (unpaired) electrons. The summed E-state index contributed by atoms with van der Waals surface area (Å²) in [4.78, 5) is 72.0. The Balaban J connectivity index is 1.36. The second-order valence-corrected chi connectivity index (χ2v) is 11.0. The summed E-state index contributed by atoms with van der Waals surface area (Å²) in [6.45, 7) is 8.13. The van der Waals surface area contributed by atoms with Crippen molar-refractivity contribution in [2.75, 3.05) is 26.4 Å². The van der Waals surface area contributed by atoms with E-state index >= 15 is 0 Å². The van der Waals surface area contributed by atoms with E-state index in [1.807, 2.05) is 13.8 Å². The van der Waals surface area contributed by atoms with Gasteiger partial charge in [0, 0.05) is 6.08 Å². The SMILES string of the molecule is C=CC(=O)OCCCCOC(=O)c1ccc(OC(=O)OC(=O)c2ccc(OC(=O)c3ccc(OCCCCOC(=O)C(C)CC)cc3)cc2)cc1. The van der Waals surface area contributed by atoms with Gasteiger partial charge in [-0.2, -0.15) is 0 Å². The van der Waals surface area contributed by atoms with Crippen LogP contribution < -0.4 is 14.2 Å². The Kier molecular flexibility index (Phi) is 16.4. The Morgan fingerprint density at radius 1 is 0.588 bits per heavy atom. The minimum Gasteiger partial charge on any atom is -0.494 e. The molecule has 0 aliphatic rings. The zero-order valence-corrected chi connectivity index (χ0v) is 28.5. The molecular formula is C38H40O13. The lowest BCUT2D eigenvalue weighted by atomic mass is 10.1. The first kappa shape index (κ1) is 39.5. The summed E-state index contributed by atoms with van der Waals surface area (Å²) in [6.07, 6.45) is 2.87. The lowest BCUT2D eigenvalue weighted by molar-refractivity contribution is -0.148. The summed E-state index contributed by atoms with van der Waals surface area (Å²) >= 11 is 0. The molecule has 0 fully saturated rings. The molecule has 0 heterocycles. The molecule has 0 saturated carbocycles. The number of ether oxygens (including phenoxy) is 7. The topological polar surface area (TPSA) is 167 Å². The van der Waals surface area contributed by atoms with Crippen molar-refractivity contribution in [2.24, 2.45) is 5.92 Å². The lowest BCUT2D eigenvalue weighted by Crippen LogP contribution is -2.16. The highest BCUT2D eigenvalue weighted by molar-refractivity contribution is 5.96. The number of esters is 5. The van der Waals surface area contributed by atoms with Crippen LogP contribution in [0.25, 0.3) is 0 Å². The minimum absolute atomic E-state index is 0.00103. The summed E-state index contributed by atoms with van der Waals surface area (Å²) in [5, 5.41) is 0. The second-order valence-electron chi connectivity index (χ2n) is 11.0. The van der Waals surface area contributed by atoms with Crippen LogP contribution in [0.4, 0.5) is 4.79 Å². The molecule has 3 aromatic rings. The van der Waals surface area contributed by atoms with Gasteiger partial charge in [0.05, 0.1) is 49.0 Å². The molecule has 0 aromatic heterocycles. The highest BCUT2D eigenvalue weighted by Gasteiger charge is 2.17. The monoisotopic (exact) mass is 704 g/mol. The van der Waals surface area contributed by atoms with Crippen LogP contribution in [0.5, 0.6) is 17.2 Å². The van der Waals surface area contributed by atoms with Crippen LogP contribution in [0.3, 0.4) is 0 Å². The number of hydrogen-bond acceptors (Lipinski definition) is 13. The summed E-state index contributed by atoms with van der Waals surface area (Å²) in [5.41, 5.74) is 0.480. The van der Waals surface area contributed by atoms with E-state index in [-0.39, 0.29) is 53.3 Å². The van der Waals surface area contributed by atoms with Gasteiger partial charge in [-0.3, -0.25) is 4.79 Å². The van der Waals surface area contributed by atoms with Gasteiger partial charge in [-0.05, 0) is 105 Å². The molecule has 13 nitrogen and oxygen atoms in total. The van der Waals surface area contributed by atoms with Gasteiger partial charge in [0.15, 0.2) is 0 Å². The number of carbonyl (C=O) groups excluding carboxylic acids is 6. The predicted octanol–water partition coefficient (Wildman–Crippen LogP) is 6.68. The van der Waals surface area contributed by atoms with E-state index in [1.165, 1.54) is 48.5 Å². The fraction of sp³-hybridized carbons (Fsp3) is 0.316. The molecule has 0 amide bonds. The molecule has 13 heteroatoms. The van der Waals surface area contributed by atoms with Crippen LogP contribution >= 0.6 is 0 Å². The molecule has 51 heavy (non-hydrogen) atoms. The first-order valence-corrected chi connectivity index (χ1v) is 16.3. The molecule has 1 atom stereocenters. The Hall–Kier alpha value is -5.98. The quantitative estimate of drug-likeness (QED) is 0.0247. The van der Waals surface area contributed by atoms with Crippen LogP contribution in [0.2, 0.25) is 0 Å². The van der Waals surface area contributed by atoms with E-state index in [0.717, 1.165) is 12.5 Å². The smallest absolute Gasteiger partial charge is 0.494 e. The van der Waals surface area contributed by atoms with Crippen molar-refractivity contribution in [3.05, 3.63) is 102 Å². The van der Waals surface area contributed by atoms with E-state index in [2.05, 4.69) is 6.58 Å².